The Hall–Kier alpha value is -1.57. The van der Waals surface area contributed by atoms with Crippen molar-refractivity contribution in [1.29, 1.82) is 0 Å². The predicted octanol–water partition coefficient (Wildman–Crippen LogP) is 3.56. The molecule has 3 rings (SSSR count). The third-order valence-corrected chi connectivity index (χ3v) is 4.56. The van der Waals surface area contributed by atoms with E-state index in [0.717, 1.165) is 12.2 Å². The van der Waals surface area contributed by atoms with Gasteiger partial charge in [0.1, 0.15) is 11.5 Å². The first-order valence-electron chi connectivity index (χ1n) is 6.47. The Morgan fingerprint density at radius 3 is 2.89 bits per heavy atom. The molecule has 1 aromatic carbocycles. The molecule has 0 bridgehead atoms. The minimum Gasteiger partial charge on any atom is -0.497 e. The Morgan fingerprint density at radius 1 is 1.39 bits per heavy atom. The lowest BCUT2D eigenvalue weighted by Crippen LogP contribution is -2.28. The van der Waals surface area contributed by atoms with Crippen LogP contribution in [0.3, 0.4) is 0 Å². The van der Waals surface area contributed by atoms with Gasteiger partial charge >= 0.3 is 0 Å². The first-order valence-corrected chi connectivity index (χ1v) is 6.47. The summed E-state index contributed by atoms with van der Waals surface area (Å²) >= 11 is 0. The van der Waals surface area contributed by atoms with Crippen molar-refractivity contribution < 1.29 is 9.53 Å². The van der Waals surface area contributed by atoms with Crippen LogP contribution in [0.5, 0.6) is 5.75 Å². The molecule has 94 valence electrons. The number of methoxy groups -OCH3 is 1. The fraction of sp³-hybridized carbons (Fsp3) is 0.438. The van der Waals surface area contributed by atoms with Gasteiger partial charge in [-0.1, -0.05) is 12.1 Å². The third kappa shape index (κ3) is 1.38. The van der Waals surface area contributed by atoms with E-state index >= 15 is 0 Å². The number of carbonyl (C=O) groups excluding carboxylic acids is 1. The maximum atomic E-state index is 12.1. The largest absolute Gasteiger partial charge is 0.497 e. The average molecular weight is 242 g/mol. The van der Waals surface area contributed by atoms with Crippen LogP contribution in [0, 0.1) is 5.41 Å². The monoisotopic (exact) mass is 242 g/mol. The molecule has 2 aliphatic rings. The lowest BCUT2D eigenvalue weighted by molar-refractivity contribution is -0.123. The summed E-state index contributed by atoms with van der Waals surface area (Å²) in [5.41, 5.74) is 3.46. The van der Waals surface area contributed by atoms with Crippen molar-refractivity contribution >= 4 is 11.4 Å². The van der Waals surface area contributed by atoms with Gasteiger partial charge in [0.25, 0.3) is 0 Å². The van der Waals surface area contributed by atoms with Crippen molar-refractivity contribution in [3.05, 3.63) is 35.4 Å². The second-order valence-electron chi connectivity index (χ2n) is 5.58. The molecular formula is C16H18O2. The summed E-state index contributed by atoms with van der Waals surface area (Å²) in [6.07, 6.45) is 3.84. The number of benzene rings is 1. The van der Waals surface area contributed by atoms with Gasteiger partial charge in [-0.05, 0) is 49.1 Å². The summed E-state index contributed by atoms with van der Waals surface area (Å²) in [4.78, 5) is 12.1. The summed E-state index contributed by atoms with van der Waals surface area (Å²) in [5.74, 6) is 1.61. The molecule has 0 N–H and O–H groups in total. The maximum Gasteiger partial charge on any atom is 0.143 e. The maximum absolute atomic E-state index is 12.1. The van der Waals surface area contributed by atoms with Crippen LogP contribution in [0.1, 0.15) is 43.7 Å². The van der Waals surface area contributed by atoms with Crippen molar-refractivity contribution in [2.75, 3.05) is 7.11 Å². The third-order valence-electron chi connectivity index (χ3n) is 4.56. The molecule has 0 spiro atoms. The number of carbonyl (C=O) groups is 1. The Kier molecular flexibility index (Phi) is 2.37. The molecular weight excluding hydrogens is 224 g/mol. The highest BCUT2D eigenvalue weighted by Gasteiger charge is 2.47. The van der Waals surface area contributed by atoms with Gasteiger partial charge in [-0.3, -0.25) is 4.79 Å². The average Bonchev–Trinajstić information content (AvgIpc) is 2.65. The summed E-state index contributed by atoms with van der Waals surface area (Å²) in [6.45, 7) is 4.18. The van der Waals surface area contributed by atoms with Gasteiger partial charge in [-0.15, -0.1) is 0 Å². The van der Waals surface area contributed by atoms with Crippen LogP contribution in [0.4, 0.5) is 0 Å². The zero-order chi connectivity index (χ0) is 12.9. The predicted molar refractivity (Wildman–Crippen MR) is 71.7 cm³/mol. The van der Waals surface area contributed by atoms with Crippen LogP contribution in [-0.2, 0) is 4.79 Å². The lowest BCUT2D eigenvalue weighted by atomic mass is 9.68. The number of hydrogen-bond donors (Lipinski definition) is 0. The van der Waals surface area contributed by atoms with Crippen LogP contribution in [-0.4, -0.2) is 12.9 Å². The van der Waals surface area contributed by atoms with Crippen LogP contribution < -0.4 is 4.74 Å². The molecule has 0 heterocycles. The Bertz CT molecular complexity index is 556. The number of ether oxygens (including phenoxy) is 1. The molecule has 0 aromatic heterocycles. The first kappa shape index (κ1) is 11.5. The Morgan fingerprint density at radius 2 is 2.17 bits per heavy atom. The number of fused-ring (bicyclic) bond motifs is 3. The number of rotatable bonds is 1. The summed E-state index contributed by atoms with van der Waals surface area (Å²) in [7, 11) is 1.69. The van der Waals surface area contributed by atoms with E-state index in [1.54, 1.807) is 7.11 Å². The minimum absolute atomic E-state index is 0.286. The van der Waals surface area contributed by atoms with Gasteiger partial charge in [0.15, 0.2) is 0 Å². The van der Waals surface area contributed by atoms with Crippen molar-refractivity contribution in [1.82, 2.24) is 0 Å². The second-order valence-corrected chi connectivity index (χ2v) is 5.58. The number of Topliss-reactive ketones (excluding diaryl/α,β-unsaturated/α-hetero) is 1. The molecule has 2 nitrogen and oxygen atoms in total. The fourth-order valence-corrected chi connectivity index (χ4v) is 3.53. The van der Waals surface area contributed by atoms with Crippen molar-refractivity contribution in [2.24, 2.45) is 5.41 Å². The fourth-order valence-electron chi connectivity index (χ4n) is 3.53. The molecule has 0 amide bonds. The van der Waals surface area contributed by atoms with Gasteiger partial charge in [0.2, 0.25) is 0 Å². The first-order chi connectivity index (χ1) is 8.56. The molecule has 18 heavy (non-hydrogen) atoms. The van der Waals surface area contributed by atoms with Gasteiger partial charge in [0, 0.05) is 12.3 Å². The Labute approximate surface area is 108 Å². The van der Waals surface area contributed by atoms with Gasteiger partial charge in [-0.2, -0.15) is 0 Å². The van der Waals surface area contributed by atoms with Crippen LogP contribution in [0.15, 0.2) is 24.3 Å². The topological polar surface area (TPSA) is 26.3 Å². The van der Waals surface area contributed by atoms with Gasteiger partial charge < -0.3 is 4.74 Å². The van der Waals surface area contributed by atoms with E-state index in [1.807, 2.05) is 6.07 Å². The zero-order valence-corrected chi connectivity index (χ0v) is 11.1. The molecule has 2 heteroatoms. The quantitative estimate of drug-likeness (QED) is 0.752. The van der Waals surface area contributed by atoms with Crippen LogP contribution >= 0.6 is 0 Å². The molecule has 1 aromatic rings. The van der Waals surface area contributed by atoms with Gasteiger partial charge in [-0.25, -0.2) is 0 Å². The van der Waals surface area contributed by atoms with Crippen LogP contribution in [0.25, 0.3) is 5.57 Å². The van der Waals surface area contributed by atoms with E-state index in [4.69, 9.17) is 4.74 Å². The summed E-state index contributed by atoms with van der Waals surface area (Å²) in [5, 5.41) is 0. The molecule has 2 atom stereocenters. The molecule has 1 fully saturated rings. The van der Waals surface area contributed by atoms with E-state index in [-0.39, 0.29) is 5.41 Å². The van der Waals surface area contributed by atoms with Gasteiger partial charge in [0.05, 0.1) is 12.5 Å². The minimum atomic E-state index is -0.286. The molecule has 2 aliphatic carbocycles. The normalized spacial score (nSPS) is 29.6. The molecule has 0 saturated heterocycles. The highest BCUT2D eigenvalue weighted by molar-refractivity contribution is 5.93. The summed E-state index contributed by atoms with van der Waals surface area (Å²) in [6, 6.07) is 6.22. The number of hydrogen-bond acceptors (Lipinski definition) is 2. The van der Waals surface area contributed by atoms with Crippen molar-refractivity contribution in [2.45, 2.75) is 32.6 Å². The molecule has 0 unspecified atom stereocenters. The van der Waals surface area contributed by atoms with E-state index in [0.29, 0.717) is 18.1 Å². The van der Waals surface area contributed by atoms with Crippen LogP contribution in [0.2, 0.25) is 0 Å². The molecule has 1 saturated carbocycles. The number of allylic oxidation sites excluding steroid dienone is 2. The molecule has 0 radical (unpaired) electrons. The molecule has 0 aliphatic heterocycles. The highest BCUT2D eigenvalue weighted by Crippen LogP contribution is 2.53. The second kappa shape index (κ2) is 3.71. The van der Waals surface area contributed by atoms with E-state index in [1.165, 1.54) is 16.7 Å². The smallest absolute Gasteiger partial charge is 0.143 e. The number of ketones is 1. The Balaban J connectivity index is 2.19. The van der Waals surface area contributed by atoms with Crippen molar-refractivity contribution in [3.63, 3.8) is 0 Å². The highest BCUT2D eigenvalue weighted by atomic mass is 16.5. The van der Waals surface area contributed by atoms with Crippen molar-refractivity contribution in [3.8, 4) is 5.75 Å². The van der Waals surface area contributed by atoms with E-state index in [2.05, 4.69) is 32.1 Å². The zero-order valence-electron chi connectivity index (χ0n) is 11.1. The SMILES string of the molecule is COc1ccc2c(c1)C(C)=C[C@]1(C)C(=O)CC[C@H]21. The standard InChI is InChI=1S/C16H18O2/c1-10-9-16(2)14(6-7-15(16)17)12-5-4-11(18-3)8-13(10)12/h4-5,8-9,14H,6-7H2,1-3H3/t14-,16+/m1/s1. The van der Waals surface area contributed by atoms with E-state index in [9.17, 15) is 4.79 Å². The lowest BCUT2D eigenvalue weighted by Gasteiger charge is -2.34. The summed E-state index contributed by atoms with van der Waals surface area (Å²) < 4.78 is 5.29. The van der Waals surface area contributed by atoms with E-state index < -0.39 is 0 Å².